The molecule has 55 heavy (non-hydrogen) atoms. The third-order valence-corrected chi connectivity index (χ3v) is 11.5. The number of aryl methyl sites for hydroxylation is 2. The summed E-state index contributed by atoms with van der Waals surface area (Å²) in [6.07, 6.45) is 5.33. The van der Waals surface area contributed by atoms with Crippen molar-refractivity contribution in [3.63, 3.8) is 0 Å². The Balaban J connectivity index is 0.897. The molecule has 2 atom stereocenters. The molecule has 1 aliphatic carbocycles. The molecule has 6 heterocycles. The van der Waals surface area contributed by atoms with E-state index in [0.717, 1.165) is 29.4 Å². The number of amides is 2. The largest absolute Gasteiger partial charge is 0.480 e. The highest BCUT2D eigenvalue weighted by atomic mass is 35.5. The Labute approximate surface area is 318 Å². The Morgan fingerprint density at radius 1 is 0.964 bits per heavy atom. The van der Waals surface area contributed by atoms with Crippen LogP contribution in [-0.2, 0) is 23.7 Å². The molecule has 1 saturated carbocycles. The highest BCUT2D eigenvalue weighted by Gasteiger charge is 2.51. The molecule has 17 heteroatoms. The molecule has 5 aromatic rings. The van der Waals surface area contributed by atoms with E-state index < -0.39 is 30.0 Å². The number of hydrogen-bond acceptors (Lipinski definition) is 11. The maximum Gasteiger partial charge on any atom is 0.301 e. The van der Waals surface area contributed by atoms with Crippen LogP contribution in [0, 0.1) is 5.92 Å². The van der Waals surface area contributed by atoms with Gasteiger partial charge in [-0.25, -0.2) is 13.8 Å². The fraction of sp³-hybridized carbons (Fsp3) is 0.421. The molecule has 2 aromatic carbocycles. The molecule has 4 N–H and O–H groups in total. The summed E-state index contributed by atoms with van der Waals surface area (Å²) in [5, 5.41) is 18.8. The van der Waals surface area contributed by atoms with E-state index in [-0.39, 0.29) is 35.2 Å². The molecule has 3 fully saturated rings. The summed E-state index contributed by atoms with van der Waals surface area (Å²) >= 11 is 6.59. The summed E-state index contributed by atoms with van der Waals surface area (Å²) in [5.74, 6) is -3.56. The van der Waals surface area contributed by atoms with Crippen molar-refractivity contribution in [1.29, 1.82) is 0 Å². The number of nitrogens with one attached hydrogen (secondary N) is 4. The van der Waals surface area contributed by atoms with Gasteiger partial charge in [-0.3, -0.25) is 24.4 Å². The zero-order chi connectivity index (χ0) is 38.2. The summed E-state index contributed by atoms with van der Waals surface area (Å²) in [6, 6.07) is 10.4. The second kappa shape index (κ2) is 13.4. The quantitative estimate of drug-likeness (QED) is 0.156. The van der Waals surface area contributed by atoms with Gasteiger partial charge in [0.25, 0.3) is 5.56 Å². The lowest BCUT2D eigenvalue weighted by Gasteiger charge is -2.33. The van der Waals surface area contributed by atoms with Gasteiger partial charge in [-0.2, -0.15) is 10.1 Å². The van der Waals surface area contributed by atoms with Gasteiger partial charge in [0.1, 0.15) is 5.02 Å². The Bertz CT molecular complexity index is 2440. The van der Waals surface area contributed by atoms with Crippen LogP contribution in [0.4, 0.5) is 37.6 Å². The van der Waals surface area contributed by atoms with Crippen LogP contribution in [0.3, 0.4) is 0 Å². The molecule has 2 amide bonds. The molecule has 3 aliphatic heterocycles. The fourth-order valence-corrected chi connectivity index (χ4v) is 8.21. The number of pyridine rings is 1. The van der Waals surface area contributed by atoms with Gasteiger partial charge in [-0.15, -0.1) is 0 Å². The normalized spacial score (nSPS) is 21.4. The third kappa shape index (κ3) is 6.45. The van der Waals surface area contributed by atoms with Crippen molar-refractivity contribution < 1.29 is 23.1 Å². The van der Waals surface area contributed by atoms with Crippen LogP contribution in [0.1, 0.15) is 50.1 Å². The summed E-state index contributed by atoms with van der Waals surface area (Å²) in [7, 11) is 3.45. The maximum absolute atomic E-state index is 15.1. The van der Waals surface area contributed by atoms with Crippen molar-refractivity contribution >= 4 is 74.0 Å². The SMILES string of the molecule is Cn1nc(C2CCC(=O)NC2=O)c2ccc(NC3CCN(c4ncc(Cl)c(Nc5ccc6c(c5)c5c(c(=O)n6C)OCC(F)(F)C(C6CC6)N5)n4)CC3)cc21. The number of ether oxygens (including phenoxy) is 1. The number of nitrogens with zero attached hydrogens (tertiary/aromatic N) is 6. The van der Waals surface area contributed by atoms with Gasteiger partial charge in [-0.1, -0.05) is 11.6 Å². The smallest absolute Gasteiger partial charge is 0.301 e. The lowest BCUT2D eigenvalue weighted by Crippen LogP contribution is -2.44. The van der Waals surface area contributed by atoms with E-state index in [9.17, 15) is 14.4 Å². The number of fused-ring (bicyclic) bond motifs is 4. The number of alkyl halides is 2. The molecule has 0 spiro atoms. The van der Waals surface area contributed by atoms with E-state index in [1.54, 1.807) is 36.1 Å². The molecule has 2 saturated heterocycles. The van der Waals surface area contributed by atoms with Crippen molar-refractivity contribution in [3.8, 4) is 5.75 Å². The number of hydrogen-bond donors (Lipinski definition) is 4. The second-order valence-corrected chi connectivity index (χ2v) is 15.4. The first-order chi connectivity index (χ1) is 26.4. The molecular weight excluding hydrogens is 734 g/mol. The molecule has 2 unspecified atom stereocenters. The summed E-state index contributed by atoms with van der Waals surface area (Å²) in [4.78, 5) is 48.8. The Morgan fingerprint density at radius 3 is 2.51 bits per heavy atom. The zero-order valence-corrected chi connectivity index (χ0v) is 30.9. The van der Waals surface area contributed by atoms with E-state index in [2.05, 4.69) is 36.2 Å². The van der Waals surface area contributed by atoms with Gasteiger partial charge >= 0.3 is 5.92 Å². The number of imide groups is 1. The van der Waals surface area contributed by atoms with Crippen LogP contribution in [0.2, 0.25) is 5.02 Å². The Kier molecular flexibility index (Phi) is 8.55. The number of benzene rings is 2. The summed E-state index contributed by atoms with van der Waals surface area (Å²) < 4.78 is 38.9. The average molecular weight is 773 g/mol. The lowest BCUT2D eigenvalue weighted by atomic mass is 9.93. The van der Waals surface area contributed by atoms with Crippen LogP contribution >= 0.6 is 11.6 Å². The number of aromatic nitrogens is 5. The van der Waals surface area contributed by atoms with Crippen molar-refractivity contribution in [2.45, 2.75) is 62.4 Å². The van der Waals surface area contributed by atoms with E-state index >= 15 is 8.78 Å². The molecule has 0 radical (unpaired) electrons. The number of anilines is 5. The van der Waals surface area contributed by atoms with Crippen molar-refractivity contribution in [2.24, 2.45) is 20.0 Å². The van der Waals surface area contributed by atoms with Crippen molar-refractivity contribution in [1.82, 2.24) is 29.6 Å². The fourth-order valence-electron chi connectivity index (χ4n) is 8.07. The predicted molar refractivity (Wildman–Crippen MR) is 205 cm³/mol. The Hall–Kier alpha value is -5.51. The van der Waals surface area contributed by atoms with E-state index in [1.165, 1.54) is 4.57 Å². The second-order valence-electron chi connectivity index (χ2n) is 15.0. The van der Waals surface area contributed by atoms with E-state index in [4.69, 9.17) is 21.3 Å². The summed E-state index contributed by atoms with van der Waals surface area (Å²) in [5.41, 5.74) is 3.47. The topological polar surface area (TPSA) is 160 Å². The zero-order valence-electron chi connectivity index (χ0n) is 30.2. The van der Waals surface area contributed by atoms with Crippen LogP contribution in [0.5, 0.6) is 5.75 Å². The summed E-state index contributed by atoms with van der Waals surface area (Å²) in [6.45, 7) is 0.525. The number of halogens is 3. The van der Waals surface area contributed by atoms with Gasteiger partial charge in [0.05, 0.1) is 40.6 Å². The Morgan fingerprint density at radius 2 is 1.75 bits per heavy atom. The van der Waals surface area contributed by atoms with Crippen LogP contribution in [-0.4, -0.2) is 73.8 Å². The van der Waals surface area contributed by atoms with Crippen LogP contribution < -0.4 is 36.5 Å². The number of carbonyl (C=O) groups excluding carboxylic acids is 2. The highest BCUT2D eigenvalue weighted by Crippen LogP contribution is 2.46. The first kappa shape index (κ1) is 35.2. The minimum absolute atomic E-state index is 0.119. The van der Waals surface area contributed by atoms with E-state index in [1.807, 2.05) is 25.2 Å². The monoisotopic (exact) mass is 772 g/mol. The number of piperidine rings is 2. The maximum atomic E-state index is 15.1. The third-order valence-electron chi connectivity index (χ3n) is 11.2. The molecule has 286 valence electrons. The average Bonchev–Trinajstić information content (AvgIpc) is 3.97. The molecule has 14 nitrogen and oxygen atoms in total. The van der Waals surface area contributed by atoms with Gasteiger partial charge < -0.3 is 30.2 Å². The van der Waals surface area contributed by atoms with Crippen LogP contribution in [0.15, 0.2) is 47.4 Å². The van der Waals surface area contributed by atoms with Gasteiger partial charge in [-0.05, 0) is 74.4 Å². The molecule has 9 rings (SSSR count). The van der Waals surface area contributed by atoms with Gasteiger partial charge in [0.15, 0.2) is 12.4 Å². The number of rotatable bonds is 7. The van der Waals surface area contributed by atoms with Crippen molar-refractivity contribution in [3.05, 3.63) is 63.7 Å². The minimum atomic E-state index is -3.14. The molecule has 4 aliphatic rings. The first-order valence-electron chi connectivity index (χ1n) is 18.5. The molecular formula is C38H39ClF2N10O4. The first-order valence-corrected chi connectivity index (χ1v) is 18.9. The highest BCUT2D eigenvalue weighted by molar-refractivity contribution is 6.33. The standard InChI is InChI=1S/C38H39ClF2N10O4/c1-49-27-9-6-21(15-25(27)31-32(36(49)54)55-18-38(40,41)33(46-31)19-3-4-19)44-34-26(39)17-42-37(47-34)51-13-11-20(12-14-51)43-22-5-7-23-28(16-22)50(2)48-30(23)24-8-10-29(52)45-35(24)53/h5-7,9,15-17,19-20,24,33,43,46H,3-4,8,10-14,18H2,1-2H3,(H,42,44,47)(H,45,52,53). The molecule has 0 bridgehead atoms. The van der Waals surface area contributed by atoms with Gasteiger partial charge in [0, 0.05) is 61.8 Å². The van der Waals surface area contributed by atoms with Crippen molar-refractivity contribution in [2.75, 3.05) is 40.5 Å². The predicted octanol–water partition coefficient (Wildman–Crippen LogP) is 5.43. The van der Waals surface area contributed by atoms with Gasteiger partial charge in [0.2, 0.25) is 23.5 Å². The van der Waals surface area contributed by atoms with E-state index in [0.29, 0.717) is 77.8 Å². The van der Waals surface area contributed by atoms with Crippen LogP contribution in [0.25, 0.3) is 21.8 Å². The number of carbonyl (C=O) groups is 2. The lowest BCUT2D eigenvalue weighted by molar-refractivity contribution is -0.134. The molecule has 3 aromatic heterocycles. The minimum Gasteiger partial charge on any atom is -0.480 e.